The number of thiazole rings is 1. The van der Waals surface area contributed by atoms with Crippen LogP contribution in [0.15, 0.2) is 52.4 Å². The van der Waals surface area contributed by atoms with Gasteiger partial charge in [0.25, 0.3) is 5.91 Å². The van der Waals surface area contributed by atoms with Gasteiger partial charge in [0.1, 0.15) is 0 Å². The molecule has 1 saturated heterocycles. The minimum absolute atomic E-state index is 0.143. The van der Waals surface area contributed by atoms with Crippen molar-refractivity contribution < 1.29 is 17.9 Å². The van der Waals surface area contributed by atoms with Crippen LogP contribution in [0.2, 0.25) is 5.02 Å². The highest BCUT2D eigenvalue weighted by Gasteiger charge is 2.32. The predicted molar refractivity (Wildman–Crippen MR) is 121 cm³/mol. The highest BCUT2D eigenvalue weighted by atomic mass is 35.5. The van der Waals surface area contributed by atoms with E-state index in [2.05, 4.69) is 4.99 Å². The van der Waals surface area contributed by atoms with E-state index in [0.29, 0.717) is 28.5 Å². The Labute approximate surface area is 189 Å². The fraction of sp³-hybridized carbons (Fsp3) is 0.333. The number of aryl methyl sites for hydroxylation is 1. The number of benzene rings is 2. The number of ether oxygens (including phenoxy) is 1. The second kappa shape index (κ2) is 8.48. The Morgan fingerprint density at radius 3 is 2.39 bits per heavy atom. The molecule has 7 nitrogen and oxygen atoms in total. The topological polar surface area (TPSA) is 81.0 Å². The van der Waals surface area contributed by atoms with Gasteiger partial charge in [0.15, 0.2) is 4.80 Å². The minimum Gasteiger partial charge on any atom is -0.373 e. The maximum Gasteiger partial charge on any atom is 0.279 e. The molecular formula is C21H22ClN3O4S2. The van der Waals surface area contributed by atoms with Gasteiger partial charge in [0, 0.05) is 25.7 Å². The summed E-state index contributed by atoms with van der Waals surface area (Å²) in [5.74, 6) is -0.448. The van der Waals surface area contributed by atoms with Crippen molar-refractivity contribution in [1.29, 1.82) is 0 Å². The van der Waals surface area contributed by atoms with Crippen molar-refractivity contribution in [3.8, 4) is 0 Å². The van der Waals surface area contributed by atoms with Crippen LogP contribution in [0.25, 0.3) is 10.2 Å². The van der Waals surface area contributed by atoms with Crippen molar-refractivity contribution >= 4 is 49.1 Å². The fourth-order valence-electron chi connectivity index (χ4n) is 3.66. The monoisotopic (exact) mass is 479 g/mol. The number of hydrogen-bond donors (Lipinski definition) is 0. The molecule has 4 rings (SSSR count). The molecule has 1 aliphatic rings. The van der Waals surface area contributed by atoms with E-state index in [1.54, 1.807) is 17.7 Å². The zero-order valence-electron chi connectivity index (χ0n) is 17.3. The van der Waals surface area contributed by atoms with E-state index in [4.69, 9.17) is 16.3 Å². The Kier molecular flexibility index (Phi) is 6.06. The van der Waals surface area contributed by atoms with Crippen LogP contribution in [0.3, 0.4) is 0 Å². The number of amides is 1. The molecule has 1 aliphatic heterocycles. The van der Waals surface area contributed by atoms with Gasteiger partial charge >= 0.3 is 0 Å². The summed E-state index contributed by atoms with van der Waals surface area (Å²) in [5, 5.41) is 0.589. The molecule has 2 heterocycles. The number of sulfonamides is 1. The summed E-state index contributed by atoms with van der Waals surface area (Å²) in [6.45, 7) is 4.30. The van der Waals surface area contributed by atoms with Gasteiger partial charge in [0.2, 0.25) is 10.0 Å². The van der Waals surface area contributed by atoms with Gasteiger partial charge in [-0.05, 0) is 50.2 Å². The molecule has 0 saturated carbocycles. The molecule has 0 N–H and O–H groups in total. The lowest BCUT2D eigenvalue weighted by Gasteiger charge is -2.34. The molecule has 31 heavy (non-hydrogen) atoms. The van der Waals surface area contributed by atoms with Gasteiger partial charge in [-0.1, -0.05) is 29.0 Å². The predicted octanol–water partition coefficient (Wildman–Crippen LogP) is 3.43. The average Bonchev–Trinajstić information content (AvgIpc) is 3.04. The maximum atomic E-state index is 13.0. The van der Waals surface area contributed by atoms with E-state index < -0.39 is 15.9 Å². The summed E-state index contributed by atoms with van der Waals surface area (Å²) in [6, 6.07) is 11.4. The molecule has 10 heteroatoms. The molecule has 2 atom stereocenters. The normalized spacial score (nSPS) is 21.0. The summed E-state index contributed by atoms with van der Waals surface area (Å²) in [4.78, 5) is 17.6. The first kappa shape index (κ1) is 22.2. The van der Waals surface area contributed by atoms with Crippen LogP contribution in [0, 0.1) is 0 Å². The number of morpholine rings is 1. The van der Waals surface area contributed by atoms with Gasteiger partial charge in [0.05, 0.1) is 32.3 Å². The molecule has 1 fully saturated rings. The Morgan fingerprint density at radius 1 is 1.13 bits per heavy atom. The molecule has 0 bridgehead atoms. The van der Waals surface area contributed by atoms with Crippen molar-refractivity contribution in [1.82, 2.24) is 8.87 Å². The second-order valence-corrected chi connectivity index (χ2v) is 10.9. The second-order valence-electron chi connectivity index (χ2n) is 7.55. The number of carbonyl (C=O) groups excluding carboxylic acids is 1. The largest absolute Gasteiger partial charge is 0.373 e. The summed E-state index contributed by atoms with van der Waals surface area (Å²) < 4.78 is 35.7. The number of aromatic nitrogens is 1. The Balaban J connectivity index is 1.61. The molecule has 2 aromatic carbocycles. The first-order valence-corrected chi connectivity index (χ1v) is 12.4. The maximum absolute atomic E-state index is 13.0. The lowest BCUT2D eigenvalue weighted by atomic mass is 10.2. The number of halogens is 1. The van der Waals surface area contributed by atoms with Gasteiger partial charge < -0.3 is 9.30 Å². The van der Waals surface area contributed by atoms with Crippen molar-refractivity contribution in [2.24, 2.45) is 12.0 Å². The van der Waals surface area contributed by atoms with Crippen molar-refractivity contribution in [3.05, 3.63) is 57.9 Å². The van der Waals surface area contributed by atoms with Crippen molar-refractivity contribution in [3.63, 3.8) is 0 Å². The van der Waals surface area contributed by atoms with Crippen LogP contribution in [-0.4, -0.2) is 48.5 Å². The van der Waals surface area contributed by atoms with E-state index in [1.165, 1.54) is 39.9 Å². The van der Waals surface area contributed by atoms with Crippen LogP contribution in [-0.2, 0) is 21.8 Å². The zero-order chi connectivity index (χ0) is 22.3. The summed E-state index contributed by atoms with van der Waals surface area (Å²) in [6.07, 6.45) is -0.345. The molecule has 1 aromatic heterocycles. The lowest BCUT2D eigenvalue weighted by Crippen LogP contribution is -2.48. The van der Waals surface area contributed by atoms with Crippen molar-refractivity contribution in [2.75, 3.05) is 13.1 Å². The standard InChI is InChI=1S/C21H22ClN3O4S2/c1-13-11-25(12-14(2)29-13)31(27,28)16-9-7-15(8-10-16)20(26)23-21-24(3)19-17(22)5-4-6-18(19)30-21/h4-10,13-14H,11-12H2,1-3H3/t13-,14-/m1/s1. The number of fused-ring (bicyclic) bond motifs is 1. The average molecular weight is 480 g/mol. The molecule has 0 radical (unpaired) electrons. The molecule has 0 aliphatic carbocycles. The van der Waals surface area contributed by atoms with E-state index in [1.807, 2.05) is 26.0 Å². The van der Waals surface area contributed by atoms with Crippen LogP contribution in [0.4, 0.5) is 0 Å². The molecule has 0 spiro atoms. The Hall–Kier alpha value is -2.04. The Morgan fingerprint density at radius 2 is 1.77 bits per heavy atom. The third kappa shape index (κ3) is 4.33. The molecular weight excluding hydrogens is 458 g/mol. The van der Waals surface area contributed by atoms with Crippen LogP contribution < -0.4 is 4.80 Å². The summed E-state index contributed by atoms with van der Waals surface area (Å²) in [7, 11) is -1.86. The Bertz CT molecular complexity index is 1300. The first-order chi connectivity index (χ1) is 14.7. The van der Waals surface area contributed by atoms with Gasteiger partial charge in [-0.15, -0.1) is 0 Å². The number of hydrogen-bond acceptors (Lipinski definition) is 5. The van der Waals surface area contributed by atoms with Crippen LogP contribution >= 0.6 is 22.9 Å². The van der Waals surface area contributed by atoms with Crippen LogP contribution in [0.1, 0.15) is 24.2 Å². The summed E-state index contributed by atoms with van der Waals surface area (Å²) >= 11 is 7.63. The smallest absolute Gasteiger partial charge is 0.279 e. The third-order valence-electron chi connectivity index (χ3n) is 5.10. The van der Waals surface area contributed by atoms with Gasteiger partial charge in [-0.2, -0.15) is 9.30 Å². The molecule has 164 valence electrons. The summed E-state index contributed by atoms with van der Waals surface area (Å²) in [5.41, 5.74) is 1.13. The molecule has 3 aromatic rings. The molecule has 1 amide bonds. The van der Waals surface area contributed by atoms with Gasteiger partial charge in [-0.3, -0.25) is 4.79 Å². The van der Waals surface area contributed by atoms with E-state index >= 15 is 0 Å². The SMILES string of the molecule is C[C@@H]1CN(S(=O)(=O)c2ccc(C(=O)N=c3sc4cccc(Cl)c4n3C)cc2)C[C@@H](C)O1. The highest BCUT2D eigenvalue weighted by Crippen LogP contribution is 2.25. The van der Waals surface area contributed by atoms with Crippen LogP contribution in [0.5, 0.6) is 0 Å². The highest BCUT2D eigenvalue weighted by molar-refractivity contribution is 7.89. The van der Waals surface area contributed by atoms with E-state index in [0.717, 1.165) is 10.2 Å². The first-order valence-electron chi connectivity index (χ1n) is 9.75. The molecule has 0 unspecified atom stereocenters. The number of rotatable bonds is 3. The third-order valence-corrected chi connectivity index (χ3v) is 8.34. The minimum atomic E-state index is -3.66. The fourth-order valence-corrected chi connectivity index (χ4v) is 6.65. The number of para-hydroxylation sites is 1. The van der Waals surface area contributed by atoms with E-state index in [-0.39, 0.29) is 17.1 Å². The number of carbonyl (C=O) groups is 1. The zero-order valence-corrected chi connectivity index (χ0v) is 19.7. The van der Waals surface area contributed by atoms with E-state index in [9.17, 15) is 13.2 Å². The van der Waals surface area contributed by atoms with Crippen molar-refractivity contribution in [2.45, 2.75) is 31.0 Å². The lowest BCUT2D eigenvalue weighted by molar-refractivity contribution is -0.0440. The quantitative estimate of drug-likeness (QED) is 0.576. The number of nitrogens with zero attached hydrogens (tertiary/aromatic N) is 3. The van der Waals surface area contributed by atoms with Gasteiger partial charge in [-0.25, -0.2) is 8.42 Å².